The first kappa shape index (κ1) is 17.2. The summed E-state index contributed by atoms with van der Waals surface area (Å²) >= 11 is 7.48. The van der Waals surface area contributed by atoms with Crippen molar-refractivity contribution in [1.29, 1.82) is 0 Å². The highest BCUT2D eigenvalue weighted by molar-refractivity contribution is 7.99. The maximum atomic E-state index is 10.0. The van der Waals surface area contributed by atoms with Gasteiger partial charge in [0.2, 0.25) is 0 Å². The molecule has 0 saturated heterocycles. The molecule has 0 amide bonds. The van der Waals surface area contributed by atoms with Crippen molar-refractivity contribution < 1.29 is 9.84 Å². The zero-order valence-electron chi connectivity index (χ0n) is 12.5. The van der Waals surface area contributed by atoms with Crippen molar-refractivity contribution in [2.24, 2.45) is 0 Å². The smallest absolute Gasteiger partial charge is 0.118 e. The van der Waals surface area contributed by atoms with Gasteiger partial charge in [0.15, 0.2) is 0 Å². The molecule has 0 saturated carbocycles. The minimum Gasteiger partial charge on any atom is -0.497 e. The number of rotatable bonds is 8. The lowest BCUT2D eigenvalue weighted by Crippen LogP contribution is -2.28. The zero-order chi connectivity index (χ0) is 15.8. The number of benzene rings is 2. The molecule has 0 radical (unpaired) electrons. The van der Waals surface area contributed by atoms with Gasteiger partial charge in [-0.05, 0) is 42.0 Å². The Balaban J connectivity index is 1.66. The Morgan fingerprint density at radius 2 is 1.82 bits per heavy atom. The molecule has 5 heteroatoms. The van der Waals surface area contributed by atoms with E-state index in [0.717, 1.165) is 27.8 Å². The summed E-state index contributed by atoms with van der Waals surface area (Å²) in [5.74, 6) is 1.49. The zero-order valence-corrected chi connectivity index (χ0v) is 14.0. The molecule has 2 N–H and O–H groups in total. The van der Waals surface area contributed by atoms with Gasteiger partial charge in [-0.1, -0.05) is 23.7 Å². The molecule has 0 aliphatic rings. The molecule has 0 aromatic heterocycles. The van der Waals surface area contributed by atoms with E-state index in [9.17, 15) is 5.11 Å². The van der Waals surface area contributed by atoms with Crippen molar-refractivity contribution in [2.45, 2.75) is 17.5 Å². The van der Waals surface area contributed by atoms with Gasteiger partial charge in [0.05, 0.1) is 13.2 Å². The molecule has 0 heterocycles. The van der Waals surface area contributed by atoms with Gasteiger partial charge in [0, 0.05) is 28.8 Å². The average Bonchev–Trinajstić information content (AvgIpc) is 2.55. The lowest BCUT2D eigenvalue weighted by molar-refractivity contribution is 0.195. The summed E-state index contributed by atoms with van der Waals surface area (Å²) in [6.07, 6.45) is -0.389. The third-order valence-electron chi connectivity index (χ3n) is 3.12. The van der Waals surface area contributed by atoms with Crippen molar-refractivity contribution in [1.82, 2.24) is 5.32 Å². The predicted octanol–water partition coefficient (Wildman–Crippen LogP) is 3.59. The molecule has 0 spiro atoms. The maximum Gasteiger partial charge on any atom is 0.118 e. The summed E-state index contributed by atoms with van der Waals surface area (Å²) in [6, 6.07) is 15.5. The van der Waals surface area contributed by atoms with Gasteiger partial charge in [0.1, 0.15) is 5.75 Å². The van der Waals surface area contributed by atoms with Crippen LogP contribution in [0.2, 0.25) is 5.02 Å². The first-order valence-electron chi connectivity index (χ1n) is 7.07. The first-order valence-corrected chi connectivity index (χ1v) is 8.44. The van der Waals surface area contributed by atoms with Crippen molar-refractivity contribution in [3.8, 4) is 5.75 Å². The molecule has 0 bridgehead atoms. The molecule has 22 heavy (non-hydrogen) atoms. The Labute approximate surface area is 140 Å². The topological polar surface area (TPSA) is 41.5 Å². The monoisotopic (exact) mass is 337 g/mol. The van der Waals surface area contributed by atoms with Gasteiger partial charge < -0.3 is 15.2 Å². The largest absolute Gasteiger partial charge is 0.497 e. The van der Waals surface area contributed by atoms with Crippen LogP contribution >= 0.6 is 23.4 Å². The van der Waals surface area contributed by atoms with E-state index in [0.29, 0.717) is 12.3 Å². The number of aliphatic hydroxyl groups excluding tert-OH is 1. The van der Waals surface area contributed by atoms with Crippen molar-refractivity contribution in [3.05, 3.63) is 59.1 Å². The highest BCUT2D eigenvalue weighted by Crippen LogP contribution is 2.21. The summed E-state index contributed by atoms with van der Waals surface area (Å²) in [4.78, 5) is 1.12. The second kappa shape index (κ2) is 9.06. The van der Waals surface area contributed by atoms with Gasteiger partial charge >= 0.3 is 0 Å². The Kier molecular flexibility index (Phi) is 7.06. The normalized spacial score (nSPS) is 12.1. The van der Waals surface area contributed by atoms with Gasteiger partial charge in [-0.3, -0.25) is 0 Å². The molecule has 0 aliphatic heterocycles. The number of aliphatic hydroxyl groups is 1. The minimum atomic E-state index is -0.389. The molecule has 118 valence electrons. The average molecular weight is 338 g/mol. The second-order valence-electron chi connectivity index (χ2n) is 4.90. The third-order valence-corrected chi connectivity index (χ3v) is 4.53. The van der Waals surface area contributed by atoms with Gasteiger partial charge in [-0.25, -0.2) is 0 Å². The Morgan fingerprint density at radius 1 is 1.14 bits per heavy atom. The van der Waals surface area contributed by atoms with Crippen LogP contribution in [0.25, 0.3) is 0 Å². The summed E-state index contributed by atoms with van der Waals surface area (Å²) in [6.45, 7) is 1.28. The number of ether oxygens (including phenoxy) is 1. The van der Waals surface area contributed by atoms with E-state index in [2.05, 4.69) is 5.32 Å². The van der Waals surface area contributed by atoms with Crippen LogP contribution in [0.5, 0.6) is 5.75 Å². The molecular weight excluding hydrogens is 318 g/mol. The van der Waals surface area contributed by atoms with Crippen molar-refractivity contribution >= 4 is 23.4 Å². The molecule has 0 fully saturated rings. The van der Waals surface area contributed by atoms with E-state index in [1.807, 2.05) is 48.5 Å². The van der Waals surface area contributed by atoms with Crippen LogP contribution in [-0.2, 0) is 6.54 Å². The van der Waals surface area contributed by atoms with E-state index in [1.54, 1.807) is 18.9 Å². The fourth-order valence-corrected chi connectivity index (χ4v) is 2.87. The van der Waals surface area contributed by atoms with E-state index < -0.39 is 0 Å². The molecular formula is C17H20ClNO2S. The number of methoxy groups -OCH3 is 1. The molecule has 2 aromatic rings. The van der Waals surface area contributed by atoms with E-state index in [1.165, 1.54) is 0 Å². The minimum absolute atomic E-state index is 0.389. The third kappa shape index (κ3) is 5.89. The highest BCUT2D eigenvalue weighted by Gasteiger charge is 2.05. The molecule has 3 nitrogen and oxygen atoms in total. The highest BCUT2D eigenvalue weighted by atomic mass is 35.5. The predicted molar refractivity (Wildman–Crippen MR) is 92.9 cm³/mol. The fraction of sp³-hybridized carbons (Fsp3) is 0.294. The first-order chi connectivity index (χ1) is 10.7. The summed E-state index contributed by atoms with van der Waals surface area (Å²) in [7, 11) is 1.65. The van der Waals surface area contributed by atoms with Crippen molar-refractivity contribution in [2.75, 3.05) is 19.4 Å². The molecule has 0 aliphatic carbocycles. The van der Waals surface area contributed by atoms with Gasteiger partial charge in [-0.15, -0.1) is 11.8 Å². The Morgan fingerprint density at radius 3 is 2.45 bits per heavy atom. The lowest BCUT2D eigenvalue weighted by Gasteiger charge is -2.12. The van der Waals surface area contributed by atoms with Crippen molar-refractivity contribution in [3.63, 3.8) is 0 Å². The van der Waals surface area contributed by atoms with Crippen LogP contribution in [0.15, 0.2) is 53.4 Å². The SMILES string of the molecule is COc1ccc(SC[C@@H](O)CNCc2ccc(Cl)cc2)cc1. The number of hydrogen-bond acceptors (Lipinski definition) is 4. The van der Waals surface area contributed by atoms with Crippen LogP contribution < -0.4 is 10.1 Å². The van der Waals surface area contributed by atoms with Gasteiger partial charge in [0.25, 0.3) is 0 Å². The van der Waals surface area contributed by atoms with E-state index in [4.69, 9.17) is 16.3 Å². The number of hydrogen-bond donors (Lipinski definition) is 2. The maximum absolute atomic E-state index is 10.0. The number of nitrogens with one attached hydrogen (secondary N) is 1. The summed E-state index contributed by atoms with van der Waals surface area (Å²) in [5, 5.41) is 14.0. The quantitative estimate of drug-likeness (QED) is 0.722. The number of halogens is 1. The fourth-order valence-electron chi connectivity index (χ4n) is 1.91. The number of thioether (sulfide) groups is 1. The lowest BCUT2D eigenvalue weighted by atomic mass is 10.2. The summed E-state index contributed by atoms with van der Waals surface area (Å²) < 4.78 is 5.12. The molecule has 2 rings (SSSR count). The molecule has 1 atom stereocenters. The van der Waals surface area contributed by atoms with Crippen LogP contribution in [0.1, 0.15) is 5.56 Å². The standard InChI is InChI=1S/C17H20ClNO2S/c1-21-16-6-8-17(9-7-16)22-12-15(20)11-19-10-13-2-4-14(18)5-3-13/h2-9,15,19-20H,10-12H2,1H3/t15-/m0/s1. The van der Waals surface area contributed by atoms with Gasteiger partial charge in [-0.2, -0.15) is 0 Å². The second-order valence-corrected chi connectivity index (χ2v) is 6.43. The van der Waals surface area contributed by atoms with Crippen LogP contribution in [-0.4, -0.2) is 30.6 Å². The van der Waals surface area contributed by atoms with Crippen LogP contribution in [0.3, 0.4) is 0 Å². The Bertz CT molecular complexity index is 560. The van der Waals surface area contributed by atoms with Crippen LogP contribution in [0.4, 0.5) is 0 Å². The molecule has 0 unspecified atom stereocenters. The molecule has 2 aromatic carbocycles. The van der Waals surface area contributed by atoms with Crippen LogP contribution in [0, 0.1) is 0 Å². The Hall–Kier alpha value is -1.20. The van der Waals surface area contributed by atoms with E-state index in [-0.39, 0.29) is 6.10 Å². The summed E-state index contributed by atoms with van der Waals surface area (Å²) in [5.41, 5.74) is 1.15. The van der Waals surface area contributed by atoms with E-state index >= 15 is 0 Å².